The SMILES string of the molecule is N.O=S(=O)(OS(=O)(=O)C(F)(F)F)C(F)(F)F. The maximum atomic E-state index is 11.4. The van der Waals surface area contributed by atoms with Gasteiger partial charge < -0.3 is 6.15 Å². The Bertz CT molecular complexity index is 387. The van der Waals surface area contributed by atoms with Crippen molar-refractivity contribution in [3.63, 3.8) is 0 Å². The lowest BCUT2D eigenvalue weighted by Gasteiger charge is -2.09. The van der Waals surface area contributed by atoms with Crippen LogP contribution in [0.15, 0.2) is 0 Å². The van der Waals surface area contributed by atoms with Crippen molar-refractivity contribution >= 4 is 20.2 Å². The van der Waals surface area contributed by atoms with Gasteiger partial charge >= 0.3 is 31.3 Å². The molecule has 0 aromatic carbocycles. The Morgan fingerprint density at radius 1 is 0.688 bits per heavy atom. The van der Waals surface area contributed by atoms with Crippen molar-refractivity contribution in [3.05, 3.63) is 0 Å². The van der Waals surface area contributed by atoms with Crippen molar-refractivity contribution in [2.75, 3.05) is 0 Å². The maximum Gasteiger partial charge on any atom is 0.524 e. The monoisotopic (exact) mass is 299 g/mol. The van der Waals surface area contributed by atoms with Gasteiger partial charge in [0.1, 0.15) is 0 Å². The summed E-state index contributed by atoms with van der Waals surface area (Å²) >= 11 is 0. The van der Waals surface area contributed by atoms with Gasteiger partial charge in [0.05, 0.1) is 0 Å². The Kier molecular flexibility index (Phi) is 4.83. The largest absolute Gasteiger partial charge is 0.524 e. The van der Waals surface area contributed by atoms with Gasteiger partial charge in [-0.1, -0.05) is 0 Å². The van der Waals surface area contributed by atoms with E-state index in [4.69, 9.17) is 0 Å². The molecule has 0 aliphatic rings. The molecule has 0 fully saturated rings. The lowest BCUT2D eigenvalue weighted by Crippen LogP contribution is -2.34. The van der Waals surface area contributed by atoms with Crippen LogP contribution in [0, 0.1) is 0 Å². The minimum atomic E-state index is -6.85. The average molecular weight is 299 g/mol. The predicted octanol–water partition coefficient (Wildman–Crippen LogP) is 0.864. The zero-order valence-corrected chi connectivity index (χ0v) is 8.47. The van der Waals surface area contributed by atoms with Gasteiger partial charge in [0.15, 0.2) is 0 Å². The first-order valence-corrected chi connectivity index (χ1v) is 5.36. The molecule has 0 saturated heterocycles. The molecule has 0 heterocycles. The van der Waals surface area contributed by atoms with E-state index in [1.54, 1.807) is 0 Å². The van der Waals surface area contributed by atoms with Crippen LogP contribution in [0.5, 0.6) is 0 Å². The smallest absolute Gasteiger partial charge is 0.344 e. The molecule has 0 amide bonds. The molecular formula is C2H3F6NO5S2. The average Bonchev–Trinajstić information content (AvgIpc) is 1.77. The van der Waals surface area contributed by atoms with Crippen LogP contribution in [-0.4, -0.2) is 27.9 Å². The molecule has 0 aromatic rings. The first kappa shape index (κ1) is 17.8. The van der Waals surface area contributed by atoms with Crippen LogP contribution in [-0.2, 0) is 23.9 Å². The number of rotatable bonds is 2. The van der Waals surface area contributed by atoms with E-state index in [9.17, 15) is 43.2 Å². The zero-order valence-electron chi connectivity index (χ0n) is 6.83. The Labute approximate surface area is 85.0 Å². The van der Waals surface area contributed by atoms with Crippen LogP contribution in [0.4, 0.5) is 26.3 Å². The topological polar surface area (TPSA) is 113 Å². The van der Waals surface area contributed by atoms with Gasteiger partial charge in [-0.15, -0.1) is 3.63 Å². The van der Waals surface area contributed by atoms with Gasteiger partial charge in [-0.05, 0) is 0 Å². The molecule has 0 atom stereocenters. The van der Waals surface area contributed by atoms with Crippen molar-refractivity contribution in [3.8, 4) is 0 Å². The summed E-state index contributed by atoms with van der Waals surface area (Å²) in [6.07, 6.45) is 0. The summed E-state index contributed by atoms with van der Waals surface area (Å²) in [7, 11) is -13.7. The first-order chi connectivity index (χ1) is 6.21. The van der Waals surface area contributed by atoms with Crippen LogP contribution in [0.3, 0.4) is 0 Å². The number of hydrogen-bond donors (Lipinski definition) is 1. The fraction of sp³-hybridized carbons (Fsp3) is 1.00. The summed E-state index contributed by atoms with van der Waals surface area (Å²) in [4.78, 5) is 0. The summed E-state index contributed by atoms with van der Waals surface area (Å²) < 4.78 is 110. The van der Waals surface area contributed by atoms with Gasteiger partial charge in [0.2, 0.25) is 0 Å². The van der Waals surface area contributed by atoms with Crippen LogP contribution in [0.2, 0.25) is 0 Å². The highest BCUT2D eigenvalue weighted by Crippen LogP contribution is 2.31. The Morgan fingerprint density at radius 3 is 1.00 bits per heavy atom. The maximum absolute atomic E-state index is 11.4. The number of alkyl halides is 6. The van der Waals surface area contributed by atoms with Crippen LogP contribution in [0.1, 0.15) is 0 Å². The standard InChI is InChI=1S/C2F6O5S2.H3N/c3-1(4,5)14(9,10)13-15(11,12)2(6,7)8;/h;1H3. The second-order valence-corrected chi connectivity index (χ2v) is 5.15. The molecule has 0 spiro atoms. The summed E-state index contributed by atoms with van der Waals surface area (Å²) in [5, 5.41) is 0. The molecule has 0 aromatic heterocycles. The molecule has 0 rings (SSSR count). The second kappa shape index (κ2) is 4.34. The molecule has 0 bridgehead atoms. The van der Waals surface area contributed by atoms with E-state index < -0.39 is 31.3 Å². The second-order valence-electron chi connectivity index (χ2n) is 1.87. The van der Waals surface area contributed by atoms with Gasteiger partial charge in [0, 0.05) is 0 Å². The van der Waals surface area contributed by atoms with Crippen molar-refractivity contribution in [2.24, 2.45) is 0 Å². The van der Waals surface area contributed by atoms with Crippen LogP contribution >= 0.6 is 0 Å². The fourth-order valence-corrected chi connectivity index (χ4v) is 1.76. The molecule has 16 heavy (non-hydrogen) atoms. The molecule has 0 radical (unpaired) electrons. The van der Waals surface area contributed by atoms with E-state index in [0.717, 1.165) is 0 Å². The molecule has 6 nitrogen and oxygen atoms in total. The van der Waals surface area contributed by atoms with Gasteiger partial charge in [0.25, 0.3) is 0 Å². The van der Waals surface area contributed by atoms with E-state index in [-0.39, 0.29) is 6.15 Å². The highest BCUT2D eigenvalue weighted by atomic mass is 32.3. The van der Waals surface area contributed by atoms with Crippen LogP contribution in [0.25, 0.3) is 0 Å². The highest BCUT2D eigenvalue weighted by molar-refractivity contribution is 8.00. The lowest BCUT2D eigenvalue weighted by molar-refractivity contribution is -0.0585. The normalized spacial score (nSPS) is 14.4. The van der Waals surface area contributed by atoms with Crippen LogP contribution < -0.4 is 6.15 Å². The van der Waals surface area contributed by atoms with Crippen molar-refractivity contribution in [1.29, 1.82) is 0 Å². The Morgan fingerprint density at radius 2 is 0.875 bits per heavy atom. The van der Waals surface area contributed by atoms with Gasteiger partial charge in [-0.3, -0.25) is 0 Å². The molecule has 0 aliphatic heterocycles. The van der Waals surface area contributed by atoms with E-state index in [2.05, 4.69) is 0 Å². The molecule has 0 unspecified atom stereocenters. The van der Waals surface area contributed by atoms with E-state index >= 15 is 0 Å². The number of halogens is 6. The summed E-state index contributed by atoms with van der Waals surface area (Å²) in [6.45, 7) is 0. The van der Waals surface area contributed by atoms with E-state index in [1.165, 1.54) is 0 Å². The number of hydrogen-bond acceptors (Lipinski definition) is 6. The van der Waals surface area contributed by atoms with E-state index in [0.29, 0.717) is 0 Å². The first-order valence-electron chi connectivity index (χ1n) is 2.54. The molecule has 0 saturated carbocycles. The minimum Gasteiger partial charge on any atom is -0.344 e. The fourth-order valence-electron chi connectivity index (χ4n) is 0.195. The van der Waals surface area contributed by atoms with E-state index in [1.807, 2.05) is 3.63 Å². The molecule has 14 heteroatoms. The Balaban J connectivity index is 0. The van der Waals surface area contributed by atoms with Crippen molar-refractivity contribution in [1.82, 2.24) is 6.15 Å². The zero-order chi connectivity index (χ0) is 12.7. The molecular weight excluding hydrogens is 296 g/mol. The molecule has 3 N–H and O–H groups in total. The quantitative estimate of drug-likeness (QED) is 0.598. The third-order valence-electron chi connectivity index (χ3n) is 0.746. The summed E-state index contributed by atoms with van der Waals surface area (Å²) in [6, 6.07) is 0. The van der Waals surface area contributed by atoms with Crippen molar-refractivity contribution < 1.29 is 46.8 Å². The third-order valence-corrected chi connectivity index (χ3v) is 3.31. The lowest BCUT2D eigenvalue weighted by atomic mass is 11.6. The predicted molar refractivity (Wildman–Crippen MR) is 36.1 cm³/mol. The molecule has 0 aliphatic carbocycles. The Hall–Kier alpha value is -0.600. The van der Waals surface area contributed by atoms with Gasteiger partial charge in [-0.25, -0.2) is 0 Å². The summed E-state index contributed by atoms with van der Waals surface area (Å²) in [5.41, 5.74) is -12.5. The highest BCUT2D eigenvalue weighted by Gasteiger charge is 2.57. The third kappa shape index (κ3) is 3.76. The van der Waals surface area contributed by atoms with Gasteiger partial charge in [-0.2, -0.15) is 43.2 Å². The minimum absolute atomic E-state index is 0. The molecule has 100 valence electrons. The van der Waals surface area contributed by atoms with Crippen molar-refractivity contribution in [2.45, 2.75) is 11.0 Å². The summed E-state index contributed by atoms with van der Waals surface area (Å²) in [5.74, 6) is 0.